The predicted molar refractivity (Wildman–Crippen MR) is 601 cm³/mol. The van der Waals surface area contributed by atoms with Crippen LogP contribution in [0.15, 0.2) is 522 Å². The molecule has 0 saturated heterocycles. The molecule has 680 valence electrons. The minimum atomic E-state index is -3.08. The molecule has 0 N–H and O–H groups in total. The molecule has 0 radical (unpaired) electrons. The Kier molecular flexibility index (Phi) is 21.9. The van der Waals surface area contributed by atoms with Gasteiger partial charge in [-0.1, -0.05) is 437 Å². The van der Waals surface area contributed by atoms with E-state index < -0.39 is 7.14 Å². The van der Waals surface area contributed by atoms with Crippen LogP contribution in [0.4, 0.5) is 0 Å². The van der Waals surface area contributed by atoms with Gasteiger partial charge in [0.1, 0.15) is 0 Å². The van der Waals surface area contributed by atoms with Crippen molar-refractivity contribution >= 4 is 143 Å². The maximum Gasteiger partial charge on any atom is 0.171 e. The van der Waals surface area contributed by atoms with Crippen LogP contribution in [0.3, 0.4) is 0 Å². The number of benzene rings is 20. The topological polar surface area (TPSA) is 135 Å². The minimum Gasteiger partial charge on any atom is -0.309 e. The molecule has 12 nitrogen and oxygen atoms in total. The van der Waals surface area contributed by atoms with Crippen molar-refractivity contribution in [3.05, 3.63) is 522 Å². The molecular formula is C132H86N11OP. The third-order valence-electron chi connectivity index (χ3n) is 27.7. The molecule has 8 aromatic heterocycles. The van der Waals surface area contributed by atoms with E-state index in [-0.39, 0.29) is 0 Å². The molecule has 8 heterocycles. The molecular weight excluding hydrogens is 1790 g/mol. The van der Waals surface area contributed by atoms with E-state index in [9.17, 15) is 4.57 Å². The second kappa shape index (κ2) is 36.9. The molecule has 0 unspecified atom stereocenters. The molecule has 145 heavy (non-hydrogen) atoms. The lowest BCUT2D eigenvalue weighted by molar-refractivity contribution is 0.592. The summed E-state index contributed by atoms with van der Waals surface area (Å²) in [7, 11) is -3.08. The molecule has 20 aromatic carbocycles. The van der Waals surface area contributed by atoms with Gasteiger partial charge in [-0.15, -0.1) is 0 Å². The quantitative estimate of drug-likeness (QED) is 0.0919. The number of rotatable bonds is 15. The van der Waals surface area contributed by atoms with Gasteiger partial charge in [-0.25, -0.2) is 39.9 Å². The summed E-state index contributed by atoms with van der Waals surface area (Å²) in [5.74, 6) is 2.60. The third-order valence-corrected chi connectivity index (χ3v) is 30.8. The van der Waals surface area contributed by atoms with Crippen molar-refractivity contribution in [2.75, 3.05) is 0 Å². The number of aromatic nitrogens is 11. The summed E-state index contributed by atoms with van der Waals surface area (Å²) in [6, 6.07) is 180. The number of pyridine rings is 3. The lowest BCUT2D eigenvalue weighted by Crippen LogP contribution is -2.24. The maximum absolute atomic E-state index is 15.0. The molecule has 0 fully saturated rings. The first-order chi connectivity index (χ1) is 71.9. The maximum atomic E-state index is 15.0. The zero-order valence-corrected chi connectivity index (χ0v) is 79.3. The van der Waals surface area contributed by atoms with E-state index in [2.05, 4.69) is 366 Å². The molecule has 0 spiro atoms. The summed E-state index contributed by atoms with van der Waals surface area (Å²) in [4.78, 5) is 41.5. The summed E-state index contributed by atoms with van der Waals surface area (Å²) in [6.45, 7) is 0. The fourth-order valence-corrected chi connectivity index (χ4v) is 23.8. The average molecular weight is 1870 g/mol. The van der Waals surface area contributed by atoms with Gasteiger partial charge in [-0.2, -0.15) is 0 Å². The average Bonchev–Trinajstić information content (AvgIpc) is 1.59. The monoisotopic (exact) mass is 1870 g/mol. The molecule has 0 aliphatic heterocycles. The zero-order chi connectivity index (χ0) is 96.3. The van der Waals surface area contributed by atoms with E-state index in [0.717, 1.165) is 199 Å². The number of hydrogen-bond acceptors (Lipinski definition) is 9. The van der Waals surface area contributed by atoms with Crippen LogP contribution in [0.1, 0.15) is 0 Å². The molecule has 13 heteroatoms. The highest BCUT2D eigenvalue weighted by Gasteiger charge is 2.32. The number of nitrogens with zero attached hydrogens (tertiary/aromatic N) is 11. The largest absolute Gasteiger partial charge is 0.309 e. The van der Waals surface area contributed by atoms with Crippen molar-refractivity contribution < 1.29 is 4.57 Å². The fraction of sp³-hybridized carbons (Fsp3) is 0. The predicted octanol–water partition coefficient (Wildman–Crippen LogP) is 31.9. The molecule has 28 rings (SSSR count). The van der Waals surface area contributed by atoms with Crippen molar-refractivity contribution in [3.63, 3.8) is 0 Å². The van der Waals surface area contributed by atoms with Crippen molar-refractivity contribution in [1.82, 2.24) is 53.6 Å². The summed E-state index contributed by atoms with van der Waals surface area (Å²) >= 11 is 0. The van der Waals surface area contributed by atoms with E-state index in [4.69, 9.17) is 39.9 Å². The minimum absolute atomic E-state index is 0.625. The second-order valence-corrected chi connectivity index (χ2v) is 38.9. The summed E-state index contributed by atoms with van der Waals surface area (Å²) in [5.41, 5.74) is 26.4. The Morgan fingerprint density at radius 3 is 0.821 bits per heavy atom. The smallest absolute Gasteiger partial charge is 0.171 e. The fourth-order valence-electron chi connectivity index (χ4n) is 21.2. The first-order valence-electron chi connectivity index (χ1n) is 48.7. The van der Waals surface area contributed by atoms with E-state index >= 15 is 0 Å². The molecule has 0 aliphatic carbocycles. The normalized spacial score (nSPS) is 11.6. The summed E-state index contributed by atoms with van der Waals surface area (Å²) in [6.07, 6.45) is 0. The van der Waals surface area contributed by atoms with Crippen LogP contribution in [-0.2, 0) is 4.57 Å². The Bertz CT molecular complexity index is 9330. The van der Waals surface area contributed by atoms with Crippen molar-refractivity contribution in [1.29, 1.82) is 0 Å². The Balaban J connectivity index is 0.000000111. The third kappa shape index (κ3) is 15.3. The molecule has 0 amide bonds. The van der Waals surface area contributed by atoms with Gasteiger partial charge in [0.25, 0.3) is 0 Å². The zero-order valence-electron chi connectivity index (χ0n) is 78.4. The van der Waals surface area contributed by atoms with Gasteiger partial charge in [-0.3, -0.25) is 0 Å². The van der Waals surface area contributed by atoms with E-state index in [1.165, 1.54) is 32.3 Å². The Labute approximate surface area is 835 Å². The van der Waals surface area contributed by atoms with Crippen molar-refractivity contribution in [2.24, 2.45) is 0 Å². The van der Waals surface area contributed by atoms with Gasteiger partial charge in [0.05, 0.1) is 78.1 Å². The number of para-hydroxylation sites is 9. The molecule has 0 aliphatic rings. The summed E-state index contributed by atoms with van der Waals surface area (Å²) < 4.78 is 22.1. The molecule has 0 saturated carbocycles. The van der Waals surface area contributed by atoms with Crippen molar-refractivity contribution in [3.8, 4) is 119 Å². The second-order valence-electron chi connectivity index (χ2n) is 36.1. The van der Waals surface area contributed by atoms with Crippen LogP contribution in [-0.4, -0.2) is 53.6 Å². The first kappa shape index (κ1) is 86.2. The van der Waals surface area contributed by atoms with E-state index in [1.807, 2.05) is 170 Å². The highest BCUT2D eigenvalue weighted by Crippen LogP contribution is 2.50. The van der Waals surface area contributed by atoms with Crippen LogP contribution in [0.5, 0.6) is 0 Å². The number of fused-ring (bicyclic) bond motifs is 17. The lowest BCUT2D eigenvalue weighted by Gasteiger charge is -2.20. The highest BCUT2D eigenvalue weighted by molar-refractivity contribution is 7.85. The van der Waals surface area contributed by atoms with E-state index in [0.29, 0.717) is 23.3 Å². The van der Waals surface area contributed by atoms with Gasteiger partial charge in [0.15, 0.2) is 30.4 Å². The van der Waals surface area contributed by atoms with Crippen LogP contribution in [0.2, 0.25) is 0 Å². The molecule has 0 bridgehead atoms. The Hall–Kier alpha value is -19.1. The van der Waals surface area contributed by atoms with Gasteiger partial charge in [-0.05, 0) is 106 Å². The lowest BCUT2D eigenvalue weighted by atomic mass is 9.94. The SMILES string of the molecule is O=P(c1ccccc1)(c1ccccc1)c1ccc(-c2nc3ccccc3c3c4ccccc4n(-c4ccccc4)c23)cc1.c1ccc(-c2cc(-c3ccc(-c4nc5ccccc5c5c6ccccc6n(-c6ccccc6)c45)c4ccccc34)nc(-c3ccccc3)n2)cc1.c1ccc(-c2nc(-c3ccccc3)nc(-c3ccc(-c4nc5ccccc5c5c6ccccc6n(-c6ccccc6)c45)c4ccccc34)n2)cc1. The van der Waals surface area contributed by atoms with Gasteiger partial charge in [0, 0.05) is 132 Å². The van der Waals surface area contributed by atoms with Gasteiger partial charge >= 0.3 is 0 Å². The Morgan fingerprint density at radius 1 is 0.172 bits per heavy atom. The first-order valence-corrected chi connectivity index (χ1v) is 50.4. The Morgan fingerprint density at radius 2 is 0.434 bits per heavy atom. The van der Waals surface area contributed by atoms with E-state index in [1.54, 1.807) is 0 Å². The number of hydrogen-bond donors (Lipinski definition) is 0. The van der Waals surface area contributed by atoms with Crippen LogP contribution < -0.4 is 15.9 Å². The molecule has 28 aromatic rings. The van der Waals surface area contributed by atoms with Crippen LogP contribution in [0.25, 0.3) is 239 Å². The standard InChI is InChI=1S/C47H30N4.C46H29N5.C39H27N2OP/c1-4-16-31(17-5-1)41-30-42(50-47(49-41)32-18-6-2-7-19-32)36-28-29-37(35-23-11-10-22-34(35)36)45-46-44(38-24-12-14-26-40(38)48-45)39-25-13-15-27-43(39)51(46)33-20-8-3-9-21-33;1-4-16-30(17-5-1)44-48-45(31-18-6-2-7-19-31)50-46(49-44)36-29-28-35(33-22-10-11-23-34(33)36)42-43-41(37-24-12-14-26-39(37)47-42)38-25-13-15-27-40(38)51(43)32-20-8-3-9-21-32;42-43(30-16-6-2-7-17-30,31-18-8-3-9-19-31)32-26-24-28(25-27-32)38-39-37(33-20-10-12-22-35(33)40-38)34-21-11-13-23-36(34)41(39)29-14-4-1-5-15-29/h1-30H;1-29H;1-27H. The van der Waals surface area contributed by atoms with Crippen LogP contribution in [0, 0.1) is 0 Å². The van der Waals surface area contributed by atoms with Crippen molar-refractivity contribution in [2.45, 2.75) is 0 Å². The summed E-state index contributed by atoms with van der Waals surface area (Å²) in [5, 5.41) is 17.4. The molecule has 0 atom stereocenters. The van der Waals surface area contributed by atoms with Gasteiger partial charge < -0.3 is 18.3 Å². The van der Waals surface area contributed by atoms with Crippen LogP contribution >= 0.6 is 7.14 Å². The highest BCUT2D eigenvalue weighted by atomic mass is 31.2. The van der Waals surface area contributed by atoms with Gasteiger partial charge in [0.2, 0.25) is 0 Å².